The van der Waals surface area contributed by atoms with E-state index in [1.165, 1.54) is 5.69 Å². The van der Waals surface area contributed by atoms with Gasteiger partial charge in [0.25, 0.3) is 0 Å². The molecule has 0 aliphatic carbocycles. The van der Waals surface area contributed by atoms with Crippen molar-refractivity contribution in [3.63, 3.8) is 0 Å². The zero-order valence-corrected chi connectivity index (χ0v) is 12.3. The lowest BCUT2D eigenvalue weighted by Crippen LogP contribution is -2.22. The summed E-state index contributed by atoms with van der Waals surface area (Å²) in [6.45, 7) is 7.37. The van der Waals surface area contributed by atoms with Gasteiger partial charge < -0.3 is 10.2 Å². The molecule has 0 radical (unpaired) electrons. The van der Waals surface area contributed by atoms with Gasteiger partial charge in [-0.05, 0) is 19.4 Å². The van der Waals surface area contributed by atoms with Crippen molar-refractivity contribution in [2.75, 3.05) is 25.0 Å². The van der Waals surface area contributed by atoms with Crippen LogP contribution >= 0.6 is 11.3 Å². The summed E-state index contributed by atoms with van der Waals surface area (Å²) in [6, 6.07) is 0. The first-order valence-electron chi connectivity index (χ1n) is 6.64. The Labute approximate surface area is 113 Å². The van der Waals surface area contributed by atoms with Crippen LogP contribution in [0.3, 0.4) is 0 Å². The van der Waals surface area contributed by atoms with Crippen molar-refractivity contribution in [1.82, 2.24) is 14.7 Å². The summed E-state index contributed by atoms with van der Waals surface area (Å²) in [6.07, 6.45) is 4.41. The molecule has 0 unspecified atom stereocenters. The first-order valence-corrected chi connectivity index (χ1v) is 7.52. The number of hydrogen-bond donors (Lipinski definition) is 1. The molecule has 0 atom stereocenters. The Bertz CT molecular complexity index is 488. The van der Waals surface area contributed by atoms with E-state index >= 15 is 0 Å². The Morgan fingerprint density at radius 3 is 2.94 bits per heavy atom. The SMILES string of the molecule is CCCNCc1c(N(C)CCC)nc2sccn12. The molecule has 0 spiro atoms. The van der Waals surface area contributed by atoms with Crippen molar-refractivity contribution in [3.8, 4) is 0 Å². The second kappa shape index (κ2) is 6.20. The maximum Gasteiger partial charge on any atom is 0.195 e. The van der Waals surface area contributed by atoms with Gasteiger partial charge in [-0.3, -0.25) is 4.40 Å². The van der Waals surface area contributed by atoms with Gasteiger partial charge in [0.05, 0.1) is 5.69 Å². The molecule has 0 aliphatic rings. The van der Waals surface area contributed by atoms with Gasteiger partial charge in [-0.2, -0.15) is 0 Å². The molecule has 100 valence electrons. The predicted molar refractivity (Wildman–Crippen MR) is 78.6 cm³/mol. The third-order valence-electron chi connectivity index (χ3n) is 2.98. The van der Waals surface area contributed by atoms with E-state index < -0.39 is 0 Å². The topological polar surface area (TPSA) is 32.6 Å². The molecule has 0 saturated heterocycles. The van der Waals surface area contributed by atoms with Crippen molar-refractivity contribution >= 4 is 22.1 Å². The molecular formula is C13H22N4S. The smallest absolute Gasteiger partial charge is 0.195 e. The van der Waals surface area contributed by atoms with Crippen molar-refractivity contribution in [1.29, 1.82) is 0 Å². The molecule has 2 heterocycles. The molecule has 4 nitrogen and oxygen atoms in total. The molecule has 0 aliphatic heterocycles. The van der Waals surface area contributed by atoms with Crippen LogP contribution in [0.4, 0.5) is 5.82 Å². The minimum atomic E-state index is 0.884. The van der Waals surface area contributed by atoms with Crippen LogP contribution in [0.25, 0.3) is 4.96 Å². The number of fused-ring (bicyclic) bond motifs is 1. The summed E-state index contributed by atoms with van der Waals surface area (Å²) in [5.41, 5.74) is 1.27. The Hall–Kier alpha value is -1.07. The van der Waals surface area contributed by atoms with Crippen LogP contribution < -0.4 is 10.2 Å². The quantitative estimate of drug-likeness (QED) is 0.782. The number of thiazole rings is 1. The Morgan fingerprint density at radius 2 is 2.22 bits per heavy atom. The number of anilines is 1. The minimum absolute atomic E-state index is 0.884. The number of imidazole rings is 1. The zero-order chi connectivity index (χ0) is 13.0. The Balaban J connectivity index is 2.26. The fraction of sp³-hybridized carbons (Fsp3) is 0.615. The fourth-order valence-electron chi connectivity index (χ4n) is 2.12. The fourth-order valence-corrected chi connectivity index (χ4v) is 2.84. The highest BCUT2D eigenvalue weighted by atomic mass is 32.1. The van der Waals surface area contributed by atoms with E-state index in [1.54, 1.807) is 11.3 Å². The number of nitrogens with zero attached hydrogens (tertiary/aromatic N) is 3. The van der Waals surface area contributed by atoms with Gasteiger partial charge in [0.15, 0.2) is 10.8 Å². The van der Waals surface area contributed by atoms with Crippen molar-refractivity contribution < 1.29 is 0 Å². The van der Waals surface area contributed by atoms with Gasteiger partial charge in [-0.1, -0.05) is 13.8 Å². The first-order chi connectivity index (χ1) is 8.77. The lowest BCUT2D eigenvalue weighted by Gasteiger charge is -2.17. The lowest BCUT2D eigenvalue weighted by molar-refractivity contribution is 0.659. The van der Waals surface area contributed by atoms with Gasteiger partial charge in [0.1, 0.15) is 0 Å². The molecule has 1 N–H and O–H groups in total. The molecule has 5 heteroatoms. The van der Waals surface area contributed by atoms with Gasteiger partial charge in [-0.15, -0.1) is 11.3 Å². The average molecular weight is 266 g/mol. The van der Waals surface area contributed by atoms with Crippen LogP contribution in [0.5, 0.6) is 0 Å². The van der Waals surface area contributed by atoms with Crippen LogP contribution in [0, 0.1) is 0 Å². The third-order valence-corrected chi connectivity index (χ3v) is 3.74. The second-order valence-corrected chi connectivity index (χ2v) is 5.41. The number of hydrogen-bond acceptors (Lipinski definition) is 4. The molecular weight excluding hydrogens is 244 g/mol. The summed E-state index contributed by atoms with van der Waals surface area (Å²) in [4.78, 5) is 8.07. The number of nitrogens with one attached hydrogen (secondary N) is 1. The van der Waals surface area contributed by atoms with Crippen molar-refractivity contribution in [3.05, 3.63) is 17.3 Å². The highest BCUT2D eigenvalue weighted by Gasteiger charge is 2.15. The maximum atomic E-state index is 4.74. The van der Waals surface area contributed by atoms with Crippen molar-refractivity contribution in [2.45, 2.75) is 33.2 Å². The monoisotopic (exact) mass is 266 g/mol. The van der Waals surface area contributed by atoms with Crippen LogP contribution in [-0.4, -0.2) is 29.5 Å². The number of aromatic nitrogens is 2. The molecule has 0 aromatic carbocycles. The second-order valence-electron chi connectivity index (χ2n) is 4.54. The van der Waals surface area contributed by atoms with E-state index in [-0.39, 0.29) is 0 Å². The van der Waals surface area contributed by atoms with Crippen LogP contribution in [-0.2, 0) is 6.54 Å². The van der Waals surface area contributed by atoms with E-state index in [4.69, 9.17) is 4.98 Å². The molecule has 2 aromatic heterocycles. The first kappa shape index (κ1) is 13.4. The molecule has 0 fully saturated rings. The van der Waals surface area contributed by atoms with Crippen LogP contribution in [0.1, 0.15) is 32.4 Å². The Morgan fingerprint density at radius 1 is 1.39 bits per heavy atom. The zero-order valence-electron chi connectivity index (χ0n) is 11.4. The highest BCUT2D eigenvalue weighted by Crippen LogP contribution is 2.24. The standard InChI is InChI=1S/C13H22N4S/c1-4-6-14-10-11-12(16(3)7-5-2)15-13-17(11)8-9-18-13/h8-9,14H,4-7,10H2,1-3H3. The number of rotatable bonds is 7. The summed E-state index contributed by atoms with van der Waals surface area (Å²) in [5.74, 6) is 1.12. The van der Waals surface area contributed by atoms with E-state index in [2.05, 4.69) is 47.1 Å². The summed E-state index contributed by atoms with van der Waals surface area (Å²) in [5, 5.41) is 5.57. The van der Waals surface area contributed by atoms with E-state index in [9.17, 15) is 0 Å². The van der Waals surface area contributed by atoms with Crippen LogP contribution in [0.2, 0.25) is 0 Å². The van der Waals surface area contributed by atoms with Crippen molar-refractivity contribution in [2.24, 2.45) is 0 Å². The summed E-state index contributed by atoms with van der Waals surface area (Å²) >= 11 is 1.69. The highest BCUT2D eigenvalue weighted by molar-refractivity contribution is 7.15. The maximum absolute atomic E-state index is 4.74. The van der Waals surface area contributed by atoms with E-state index in [0.717, 1.165) is 43.3 Å². The molecule has 2 rings (SSSR count). The normalized spacial score (nSPS) is 11.3. The van der Waals surface area contributed by atoms with E-state index in [1.807, 2.05) is 0 Å². The third kappa shape index (κ3) is 2.67. The van der Waals surface area contributed by atoms with Gasteiger partial charge >= 0.3 is 0 Å². The molecule has 18 heavy (non-hydrogen) atoms. The van der Waals surface area contributed by atoms with E-state index in [0.29, 0.717) is 0 Å². The van der Waals surface area contributed by atoms with Gasteiger partial charge in [-0.25, -0.2) is 4.98 Å². The molecule has 0 amide bonds. The largest absolute Gasteiger partial charge is 0.358 e. The van der Waals surface area contributed by atoms with Gasteiger partial charge in [0, 0.05) is 31.7 Å². The molecule has 0 bridgehead atoms. The molecule has 0 saturated carbocycles. The van der Waals surface area contributed by atoms with Crippen LogP contribution in [0.15, 0.2) is 11.6 Å². The molecule has 2 aromatic rings. The average Bonchev–Trinajstić information content (AvgIpc) is 2.91. The summed E-state index contributed by atoms with van der Waals surface area (Å²) in [7, 11) is 2.12. The summed E-state index contributed by atoms with van der Waals surface area (Å²) < 4.78 is 2.20. The predicted octanol–water partition coefficient (Wildman–Crippen LogP) is 2.74. The Kier molecular flexibility index (Phi) is 4.60. The van der Waals surface area contributed by atoms with Gasteiger partial charge in [0.2, 0.25) is 0 Å². The lowest BCUT2D eigenvalue weighted by atomic mass is 10.3. The minimum Gasteiger partial charge on any atom is -0.358 e.